The van der Waals surface area contributed by atoms with Gasteiger partial charge in [0.2, 0.25) is 11.8 Å². The molecule has 1 heterocycles. The number of H-pyrrole nitrogens is 1. The number of carbonyl (C=O) groups is 8. The predicted octanol–water partition coefficient (Wildman–Crippen LogP) is 2.64. The van der Waals surface area contributed by atoms with Crippen LogP contribution in [-0.4, -0.2) is 125 Å². The summed E-state index contributed by atoms with van der Waals surface area (Å²) in [7, 11) is 3.36. The average molecular weight is 807 g/mol. The second kappa shape index (κ2) is 22.0. The highest BCUT2D eigenvalue weighted by Crippen LogP contribution is 2.20. The first-order chi connectivity index (χ1) is 27.0. The van der Waals surface area contributed by atoms with Gasteiger partial charge in [0.15, 0.2) is 11.6 Å². The Bertz CT molecular complexity index is 1950. The maximum Gasteiger partial charge on any atom is 0.353 e. The lowest BCUT2D eigenvalue weighted by Crippen LogP contribution is -2.45. The largest absolute Gasteiger partial charge is 0.455 e. The molecule has 0 aliphatic carbocycles. The first-order valence-corrected chi connectivity index (χ1v) is 18.6. The van der Waals surface area contributed by atoms with Gasteiger partial charge in [0, 0.05) is 55.6 Å². The van der Waals surface area contributed by atoms with E-state index < -0.39 is 94.7 Å². The Balaban J connectivity index is 2.46. The van der Waals surface area contributed by atoms with E-state index in [1.807, 2.05) is 24.3 Å². The molecule has 0 spiro atoms. The number of hydrogen-bond donors (Lipinski definition) is 5. The van der Waals surface area contributed by atoms with Crippen molar-refractivity contribution in [1.82, 2.24) is 20.5 Å². The van der Waals surface area contributed by atoms with Crippen LogP contribution in [0.15, 0.2) is 40.4 Å². The Morgan fingerprint density at radius 2 is 1.22 bits per heavy atom. The molecule has 4 amide bonds. The fourth-order valence-corrected chi connectivity index (χ4v) is 5.18. The standard InChI is InChI=1S/C40H54N8O10/c1-39(2,3)57-37(55)30(16-14-26(50)21-42)46-35(53)29(15-13-25(49)20-41)44-33(51)18-17-31(38(56)58-40(4,5)6)47-36(54)32(45-34(52)23-48(7)8)19-24-22-43-28-12-10-9-11-27(24)28/h9-12,20-22,29,32,41-43H,13-19,23H2,1-8H3,(H,44,51)(H,45,52)/t29-,32-/m0/s1. The van der Waals surface area contributed by atoms with Gasteiger partial charge in [0.25, 0.3) is 11.8 Å². The molecule has 314 valence electrons. The second-order valence-corrected chi connectivity index (χ2v) is 15.6. The average Bonchev–Trinajstić information content (AvgIpc) is 3.53. The number of aliphatic imine (C=N–C) groups is 2. The van der Waals surface area contributed by atoms with Crippen LogP contribution in [0.4, 0.5) is 0 Å². The molecule has 18 heteroatoms. The van der Waals surface area contributed by atoms with Gasteiger partial charge in [-0.1, -0.05) is 18.2 Å². The third-order valence-electron chi connectivity index (χ3n) is 7.78. The number of rotatable bonds is 21. The van der Waals surface area contributed by atoms with Crippen LogP contribution in [-0.2, 0) is 54.3 Å². The lowest BCUT2D eigenvalue weighted by Gasteiger charge is -2.21. The van der Waals surface area contributed by atoms with E-state index in [0.29, 0.717) is 18.0 Å². The van der Waals surface area contributed by atoms with Crippen LogP contribution in [0.5, 0.6) is 0 Å². The number of Topliss-reactive ketones (excluding diaryl/α,β-unsaturated/α-hetero) is 2. The number of aromatic amines is 1. The van der Waals surface area contributed by atoms with E-state index in [1.54, 1.807) is 66.7 Å². The Labute approximate surface area is 337 Å². The summed E-state index contributed by atoms with van der Waals surface area (Å²) < 4.78 is 10.8. The highest BCUT2D eigenvalue weighted by atomic mass is 16.6. The maximum atomic E-state index is 13.8. The van der Waals surface area contributed by atoms with E-state index in [2.05, 4.69) is 25.6 Å². The number of aromatic nitrogens is 1. The fraction of sp³-hybridized carbons (Fsp3) is 0.500. The molecule has 0 unspecified atom stereocenters. The highest BCUT2D eigenvalue weighted by molar-refractivity contribution is 6.40. The minimum absolute atomic E-state index is 0.00713. The molecule has 2 atom stereocenters. The van der Waals surface area contributed by atoms with Gasteiger partial charge in [-0.15, -0.1) is 0 Å². The third-order valence-corrected chi connectivity index (χ3v) is 7.78. The molecule has 0 radical (unpaired) electrons. The van der Waals surface area contributed by atoms with Crippen molar-refractivity contribution < 1.29 is 47.8 Å². The zero-order chi connectivity index (χ0) is 43.8. The highest BCUT2D eigenvalue weighted by Gasteiger charge is 2.30. The van der Waals surface area contributed by atoms with Crippen molar-refractivity contribution in [3.63, 3.8) is 0 Å². The maximum absolute atomic E-state index is 13.8. The van der Waals surface area contributed by atoms with Gasteiger partial charge in [0.05, 0.1) is 19.0 Å². The zero-order valence-corrected chi connectivity index (χ0v) is 34.3. The van der Waals surface area contributed by atoms with Crippen LogP contribution in [0, 0.1) is 10.8 Å². The summed E-state index contributed by atoms with van der Waals surface area (Å²) in [5.74, 6) is -6.61. The van der Waals surface area contributed by atoms with Crippen molar-refractivity contribution in [2.24, 2.45) is 9.98 Å². The Morgan fingerprint density at radius 1 is 0.724 bits per heavy atom. The van der Waals surface area contributed by atoms with Gasteiger partial charge in [-0.2, -0.15) is 0 Å². The van der Waals surface area contributed by atoms with E-state index in [1.165, 1.54) is 0 Å². The van der Waals surface area contributed by atoms with E-state index in [4.69, 9.17) is 20.3 Å². The number of ether oxygens (including phenoxy) is 2. The number of hydrogen-bond acceptors (Lipinski definition) is 13. The smallest absolute Gasteiger partial charge is 0.353 e. The van der Waals surface area contributed by atoms with E-state index in [9.17, 15) is 38.4 Å². The molecule has 1 aromatic heterocycles. The molecule has 18 nitrogen and oxygen atoms in total. The number of para-hydroxylation sites is 1. The van der Waals surface area contributed by atoms with E-state index in [0.717, 1.165) is 10.9 Å². The number of amides is 4. The Kier molecular flexibility index (Phi) is 18.3. The zero-order valence-electron chi connectivity index (χ0n) is 34.3. The quantitative estimate of drug-likeness (QED) is 0.0904. The van der Waals surface area contributed by atoms with E-state index >= 15 is 0 Å². The topological polar surface area (TPSA) is 271 Å². The van der Waals surface area contributed by atoms with Crippen molar-refractivity contribution >= 4 is 81.9 Å². The fourth-order valence-electron chi connectivity index (χ4n) is 5.18. The summed E-state index contributed by atoms with van der Waals surface area (Å²) in [5, 5.41) is 20.3. The van der Waals surface area contributed by atoms with Crippen molar-refractivity contribution in [3.8, 4) is 0 Å². The number of nitrogens with one attached hydrogen (secondary N) is 5. The van der Waals surface area contributed by atoms with E-state index in [-0.39, 0.29) is 38.6 Å². The van der Waals surface area contributed by atoms with Crippen molar-refractivity contribution in [2.75, 3.05) is 20.6 Å². The van der Waals surface area contributed by atoms with Crippen LogP contribution in [0.2, 0.25) is 0 Å². The molecule has 0 aliphatic heterocycles. The van der Waals surface area contributed by atoms with Crippen LogP contribution in [0.25, 0.3) is 10.9 Å². The molecular weight excluding hydrogens is 752 g/mol. The van der Waals surface area contributed by atoms with Crippen LogP contribution in [0.3, 0.4) is 0 Å². The van der Waals surface area contributed by atoms with Crippen molar-refractivity contribution in [1.29, 1.82) is 10.8 Å². The van der Waals surface area contributed by atoms with Gasteiger partial charge in [-0.3, -0.25) is 28.8 Å². The van der Waals surface area contributed by atoms with Crippen molar-refractivity contribution in [3.05, 3.63) is 36.0 Å². The molecule has 5 N–H and O–H groups in total. The number of nitrogens with zero attached hydrogens (tertiary/aromatic N) is 3. The lowest BCUT2D eigenvalue weighted by atomic mass is 10.0. The van der Waals surface area contributed by atoms with Crippen LogP contribution >= 0.6 is 0 Å². The Hall–Kier alpha value is -6.04. The number of esters is 2. The summed E-state index contributed by atoms with van der Waals surface area (Å²) >= 11 is 0. The van der Waals surface area contributed by atoms with Gasteiger partial charge in [-0.05, 0) is 73.7 Å². The molecule has 0 aliphatic rings. The molecule has 2 aromatic rings. The predicted molar refractivity (Wildman–Crippen MR) is 216 cm³/mol. The number of ketones is 2. The minimum Gasteiger partial charge on any atom is -0.455 e. The van der Waals surface area contributed by atoms with Crippen LogP contribution < -0.4 is 10.6 Å². The van der Waals surface area contributed by atoms with Gasteiger partial charge < -0.3 is 40.8 Å². The minimum atomic E-state index is -1.51. The third kappa shape index (κ3) is 17.4. The lowest BCUT2D eigenvalue weighted by molar-refractivity contribution is -0.147. The summed E-state index contributed by atoms with van der Waals surface area (Å²) in [6, 6.07) is 4.62. The first-order valence-electron chi connectivity index (χ1n) is 18.6. The van der Waals surface area contributed by atoms with Gasteiger partial charge in [0.1, 0.15) is 34.7 Å². The van der Waals surface area contributed by atoms with Gasteiger partial charge >= 0.3 is 11.9 Å². The normalized spacial score (nSPS) is 13.3. The number of fused-ring (bicyclic) bond motifs is 1. The second-order valence-electron chi connectivity index (χ2n) is 15.6. The number of carbonyl (C=O) groups excluding carboxylic acids is 8. The monoisotopic (exact) mass is 806 g/mol. The Morgan fingerprint density at radius 3 is 1.76 bits per heavy atom. The first kappa shape index (κ1) is 48.1. The van der Waals surface area contributed by atoms with Crippen LogP contribution in [0.1, 0.15) is 85.6 Å². The van der Waals surface area contributed by atoms with Gasteiger partial charge in [-0.25, -0.2) is 19.6 Å². The molecule has 58 heavy (non-hydrogen) atoms. The molecular formula is C40H54N8O10. The van der Waals surface area contributed by atoms with Crippen molar-refractivity contribution in [2.45, 2.75) is 110 Å². The summed E-state index contributed by atoms with van der Waals surface area (Å²) in [6.45, 7) is 9.47. The summed E-state index contributed by atoms with van der Waals surface area (Å²) in [6.07, 6.45) is 0.410. The summed E-state index contributed by atoms with van der Waals surface area (Å²) in [4.78, 5) is 116. The molecule has 0 saturated heterocycles. The number of likely N-dealkylation sites (N-methyl/N-ethyl adjacent to an activating group) is 1. The molecule has 2 rings (SSSR count). The molecule has 0 fully saturated rings. The number of benzene rings is 1. The molecule has 1 aromatic carbocycles. The summed E-state index contributed by atoms with van der Waals surface area (Å²) in [5.41, 5.74) is -1.42. The molecule has 0 bridgehead atoms. The SMILES string of the molecule is CN(C)CC(=O)N[C@@H](Cc1c[nH]c2ccccc12)C(=O)N=C(CCC(=O)N[C@@H](CCC(=O)C=N)C(=O)N=C(CCC(=O)C=N)C(=O)OC(C)(C)C)C(=O)OC(C)(C)C. The molecule has 0 saturated carbocycles.